The maximum atomic E-state index is 12.6. The number of nitrogens with zero attached hydrogens (tertiary/aromatic N) is 1. The van der Waals surface area contributed by atoms with E-state index in [1.165, 1.54) is 6.20 Å². The van der Waals surface area contributed by atoms with Crippen LogP contribution in [0, 0.1) is 0 Å². The number of anilines is 2. The van der Waals surface area contributed by atoms with Gasteiger partial charge in [-0.05, 0) is 44.0 Å². The number of carboxylic acids is 1. The Kier molecular flexibility index (Phi) is 7.44. The second kappa shape index (κ2) is 9.44. The van der Waals surface area contributed by atoms with Gasteiger partial charge in [-0.2, -0.15) is 0 Å². The Hall–Kier alpha value is -2.65. The molecule has 2 aromatic carbocycles. The first-order chi connectivity index (χ1) is 13.5. The van der Waals surface area contributed by atoms with Crippen molar-refractivity contribution < 1.29 is 49.7 Å². The summed E-state index contributed by atoms with van der Waals surface area (Å²) in [5.41, 5.74) is 1.82. The monoisotopic (exact) mass is 417 g/mol. The topological polar surface area (TPSA) is 135 Å². The largest absolute Gasteiger partial charge is 1.00 e. The molecule has 4 N–H and O–H groups in total. The van der Waals surface area contributed by atoms with E-state index in [9.17, 15) is 19.5 Å². The molecule has 1 unspecified atom stereocenters. The van der Waals surface area contributed by atoms with Crippen LogP contribution in [0.4, 0.5) is 16.2 Å². The summed E-state index contributed by atoms with van der Waals surface area (Å²) in [6, 6.07) is 11.9. The molecule has 8 nitrogen and oxygen atoms in total. The van der Waals surface area contributed by atoms with Gasteiger partial charge in [0.1, 0.15) is 0 Å². The van der Waals surface area contributed by atoms with E-state index in [1.54, 1.807) is 28.8 Å². The van der Waals surface area contributed by atoms with Crippen LogP contribution in [-0.4, -0.2) is 22.0 Å². The predicted molar refractivity (Wildman–Crippen MR) is 108 cm³/mol. The summed E-state index contributed by atoms with van der Waals surface area (Å²) in [4.78, 5) is 36.3. The normalized spacial score (nSPS) is 14.2. The van der Waals surface area contributed by atoms with E-state index < -0.39 is 11.4 Å². The minimum atomic E-state index is -1.49. The molecule has 2 heterocycles. The smallest absolute Gasteiger partial charge is 0.545 e. The second-order valence-corrected chi connectivity index (χ2v) is 6.89. The number of aromatic carboxylic acids is 1. The molecule has 0 bridgehead atoms. The molecule has 1 aliphatic rings. The van der Waals surface area contributed by atoms with Crippen molar-refractivity contribution in [1.29, 1.82) is 0 Å². The van der Waals surface area contributed by atoms with Gasteiger partial charge in [-0.3, -0.25) is 4.79 Å². The van der Waals surface area contributed by atoms with E-state index in [-0.39, 0.29) is 52.7 Å². The summed E-state index contributed by atoms with van der Waals surface area (Å²) in [6.45, 7) is 1.97. The molecule has 1 aromatic heterocycles. The Morgan fingerprint density at radius 3 is 2.47 bits per heavy atom. The quantitative estimate of drug-likeness (QED) is 0.512. The van der Waals surface area contributed by atoms with Crippen LogP contribution in [0.5, 0.6) is 0 Å². The zero-order valence-corrected chi connectivity index (χ0v) is 18.7. The van der Waals surface area contributed by atoms with Gasteiger partial charge in [0.25, 0.3) is 0 Å². The van der Waals surface area contributed by atoms with E-state index >= 15 is 0 Å². The molecule has 0 spiro atoms. The van der Waals surface area contributed by atoms with Crippen LogP contribution in [-0.2, 0) is 6.42 Å². The van der Waals surface area contributed by atoms with Crippen LogP contribution < -0.4 is 50.7 Å². The SMILES string of the molecule is CC1CCc2c(NC(=O)Nc3ccccc3)ccc3c(=O)c(C(=O)[O-])cn1c23.O.[Na+]. The van der Waals surface area contributed by atoms with Crippen molar-refractivity contribution in [3.05, 3.63) is 70.0 Å². The van der Waals surface area contributed by atoms with Gasteiger partial charge in [0.15, 0.2) is 5.43 Å². The third kappa shape index (κ3) is 4.27. The molecule has 30 heavy (non-hydrogen) atoms. The summed E-state index contributed by atoms with van der Waals surface area (Å²) in [5.74, 6) is -1.49. The Morgan fingerprint density at radius 2 is 1.80 bits per heavy atom. The van der Waals surface area contributed by atoms with Gasteiger partial charge in [-0.15, -0.1) is 0 Å². The molecule has 2 amide bonds. The molecule has 9 heteroatoms. The molecular weight excluding hydrogens is 397 g/mol. The number of pyridine rings is 1. The average Bonchev–Trinajstić information content (AvgIpc) is 2.67. The van der Waals surface area contributed by atoms with Crippen molar-refractivity contribution in [3.63, 3.8) is 0 Å². The van der Waals surface area contributed by atoms with Crippen molar-refractivity contribution >= 4 is 34.3 Å². The summed E-state index contributed by atoms with van der Waals surface area (Å²) >= 11 is 0. The number of aromatic nitrogens is 1. The minimum absolute atomic E-state index is 0. The van der Waals surface area contributed by atoms with Crippen LogP contribution in [0.1, 0.15) is 35.3 Å². The number of carboxylic acid groups (broad SMARTS) is 1. The predicted octanol–water partition coefficient (Wildman–Crippen LogP) is -1.30. The molecule has 1 aliphatic heterocycles. The molecule has 1 atom stereocenters. The standard InChI is InChI=1S/C21H19N3O4.Na.H2O/c1-12-7-8-14-17(23-21(28)22-13-5-3-2-4-6-13)10-9-15-18(14)24(12)11-16(19(15)25)20(26)27;;/h2-6,9-12H,7-8H2,1H3,(H,26,27)(H2,22,23,28);;1H2/q;+1;/p-1. The van der Waals surface area contributed by atoms with Gasteiger partial charge >= 0.3 is 35.6 Å². The van der Waals surface area contributed by atoms with Gasteiger partial charge in [0.05, 0.1) is 17.0 Å². The molecule has 0 saturated carbocycles. The number of hydrogen-bond acceptors (Lipinski definition) is 4. The molecule has 0 aliphatic carbocycles. The zero-order chi connectivity index (χ0) is 19.8. The fraction of sp³-hybridized carbons (Fsp3) is 0.190. The van der Waals surface area contributed by atoms with Gasteiger partial charge in [0, 0.05) is 34.6 Å². The fourth-order valence-electron chi connectivity index (χ4n) is 3.68. The van der Waals surface area contributed by atoms with E-state index in [0.29, 0.717) is 28.7 Å². The summed E-state index contributed by atoms with van der Waals surface area (Å²) in [5, 5.41) is 17.3. The minimum Gasteiger partial charge on any atom is -0.545 e. The maximum absolute atomic E-state index is 12.6. The summed E-state index contributed by atoms with van der Waals surface area (Å²) in [7, 11) is 0. The summed E-state index contributed by atoms with van der Waals surface area (Å²) in [6.07, 6.45) is 2.78. The van der Waals surface area contributed by atoms with Gasteiger partial charge in [0.2, 0.25) is 0 Å². The molecule has 0 saturated heterocycles. The van der Waals surface area contributed by atoms with Crippen LogP contribution in [0.15, 0.2) is 53.5 Å². The number of urea groups is 1. The number of amides is 2. The molecule has 4 rings (SSSR count). The molecule has 0 fully saturated rings. The summed E-state index contributed by atoms with van der Waals surface area (Å²) < 4.78 is 1.79. The number of carbonyl (C=O) groups is 2. The van der Waals surface area contributed by atoms with Crippen LogP contribution in [0.3, 0.4) is 0 Å². The Bertz CT molecular complexity index is 1160. The Labute approximate surface area is 194 Å². The van der Waals surface area contributed by atoms with E-state index in [2.05, 4.69) is 10.6 Å². The first kappa shape index (κ1) is 23.6. The number of benzene rings is 2. The van der Waals surface area contributed by atoms with Crippen molar-refractivity contribution in [2.75, 3.05) is 10.6 Å². The van der Waals surface area contributed by atoms with Crippen LogP contribution in [0.25, 0.3) is 10.9 Å². The number of carbonyl (C=O) groups excluding carboxylic acids is 2. The van der Waals surface area contributed by atoms with Gasteiger partial charge in [-0.1, -0.05) is 18.2 Å². The Balaban J connectivity index is 0.00000160. The molecule has 0 radical (unpaired) electrons. The van der Waals surface area contributed by atoms with E-state index in [4.69, 9.17) is 0 Å². The third-order valence-corrected chi connectivity index (χ3v) is 5.09. The van der Waals surface area contributed by atoms with Crippen molar-refractivity contribution in [2.45, 2.75) is 25.8 Å². The maximum Gasteiger partial charge on any atom is 1.00 e. The van der Waals surface area contributed by atoms with Crippen LogP contribution >= 0.6 is 0 Å². The number of aryl methyl sites for hydroxylation is 1. The Morgan fingerprint density at radius 1 is 1.10 bits per heavy atom. The number of rotatable bonds is 3. The van der Waals surface area contributed by atoms with Gasteiger partial charge in [-0.25, -0.2) is 4.79 Å². The molecule has 3 aromatic rings. The number of nitrogens with one attached hydrogen (secondary N) is 2. The van der Waals surface area contributed by atoms with E-state index in [0.717, 1.165) is 12.0 Å². The van der Waals surface area contributed by atoms with Crippen LogP contribution in [0.2, 0.25) is 0 Å². The van der Waals surface area contributed by atoms with Gasteiger partial charge < -0.3 is 30.6 Å². The first-order valence-corrected chi connectivity index (χ1v) is 9.01. The number of hydrogen-bond donors (Lipinski definition) is 2. The first-order valence-electron chi connectivity index (χ1n) is 9.01. The molecular formula is C21H20N3NaO5. The third-order valence-electron chi connectivity index (χ3n) is 5.09. The van der Waals surface area contributed by atoms with Crippen molar-refractivity contribution in [2.24, 2.45) is 0 Å². The zero-order valence-electron chi connectivity index (χ0n) is 16.7. The fourth-order valence-corrected chi connectivity index (χ4v) is 3.68. The average molecular weight is 417 g/mol. The molecule has 150 valence electrons. The second-order valence-electron chi connectivity index (χ2n) is 6.89. The van der Waals surface area contributed by atoms with E-state index in [1.807, 2.05) is 25.1 Å². The number of para-hydroxylation sites is 1. The van der Waals surface area contributed by atoms with Crippen molar-refractivity contribution in [1.82, 2.24) is 4.57 Å². The van der Waals surface area contributed by atoms with Crippen molar-refractivity contribution in [3.8, 4) is 0 Å².